The molecule has 3 aliphatic carbocycles. The molecule has 0 unspecified atom stereocenters. The van der Waals surface area contributed by atoms with Gasteiger partial charge in [-0.05, 0) is 97.4 Å². The van der Waals surface area contributed by atoms with Crippen molar-refractivity contribution in [3.63, 3.8) is 0 Å². The fourth-order valence-corrected chi connectivity index (χ4v) is 5.79. The monoisotopic (exact) mass is 546 g/mol. The van der Waals surface area contributed by atoms with Crippen molar-refractivity contribution in [3.05, 3.63) is 0 Å². The molecule has 3 rings (SSSR count). The van der Waals surface area contributed by atoms with Crippen LogP contribution in [0.4, 0.5) is 8.78 Å². The van der Waals surface area contributed by atoms with E-state index >= 15 is 0 Å². The maximum Gasteiger partial charge on any atom is 0.316 e. The van der Waals surface area contributed by atoms with Crippen LogP contribution in [0.15, 0.2) is 0 Å². The maximum absolute atomic E-state index is 13.5. The van der Waals surface area contributed by atoms with Gasteiger partial charge in [0.25, 0.3) is 0 Å². The molecule has 0 heterocycles. The first-order chi connectivity index (χ1) is 12.6. The highest BCUT2D eigenvalue weighted by Crippen LogP contribution is 2.52. The molecule has 0 aromatic carbocycles. The third kappa shape index (κ3) is 9.85. The lowest BCUT2D eigenvalue weighted by Crippen LogP contribution is -2.41. The van der Waals surface area contributed by atoms with Crippen molar-refractivity contribution >= 4 is 31.9 Å². The smallest absolute Gasteiger partial charge is 0.316 e. The van der Waals surface area contributed by atoms with Crippen LogP contribution < -0.4 is 0 Å². The van der Waals surface area contributed by atoms with Crippen LogP contribution >= 0.6 is 31.9 Å². The van der Waals surface area contributed by atoms with E-state index < -0.39 is 9.16 Å². The zero-order chi connectivity index (χ0) is 20.1. The molecule has 0 aromatic rings. The van der Waals surface area contributed by atoms with Gasteiger partial charge >= 0.3 is 4.83 Å². The summed E-state index contributed by atoms with van der Waals surface area (Å²) < 4.78 is 26.0. The minimum atomic E-state index is -2.79. The lowest BCUT2D eigenvalue weighted by atomic mass is 9.73. The molecule has 0 aromatic heterocycles. The number of aliphatic hydroxyl groups excluding tert-OH is 1. The van der Waals surface area contributed by atoms with E-state index in [2.05, 4.69) is 45.7 Å². The van der Waals surface area contributed by atoms with Crippen molar-refractivity contribution < 1.29 is 13.9 Å². The van der Waals surface area contributed by atoms with Crippen LogP contribution in [0.2, 0.25) is 0 Å². The molecule has 3 aliphatic rings. The lowest BCUT2D eigenvalue weighted by molar-refractivity contribution is 0.0413. The van der Waals surface area contributed by atoms with E-state index in [1.54, 1.807) is 0 Å². The van der Waals surface area contributed by atoms with Gasteiger partial charge in [-0.1, -0.05) is 70.3 Å². The summed E-state index contributed by atoms with van der Waals surface area (Å²) in [4.78, 5) is -2.79. The van der Waals surface area contributed by atoms with E-state index in [0.717, 1.165) is 43.4 Å². The first-order valence-electron chi connectivity index (χ1n) is 11.0. The molecule has 0 bridgehead atoms. The Balaban J connectivity index is 0.000000667. The fourth-order valence-electron chi connectivity index (χ4n) is 4.93. The molecular formula is C24H46Br2F2O. The second-order valence-electron chi connectivity index (χ2n) is 9.68. The molecule has 0 amide bonds. The molecule has 0 spiro atoms. The van der Waals surface area contributed by atoms with E-state index in [1.807, 2.05) is 0 Å². The van der Waals surface area contributed by atoms with Crippen molar-refractivity contribution in [2.45, 2.75) is 127 Å². The van der Waals surface area contributed by atoms with E-state index in [9.17, 15) is 8.78 Å². The molecule has 176 valence electrons. The second kappa shape index (κ2) is 13.4. The number of alkyl halides is 4. The molecule has 1 N–H and O–H groups in total. The quantitative estimate of drug-likeness (QED) is 0.349. The Morgan fingerprint density at radius 1 is 0.793 bits per heavy atom. The first kappa shape index (κ1) is 29.8. The van der Waals surface area contributed by atoms with Gasteiger partial charge in [0.1, 0.15) is 0 Å². The Morgan fingerprint density at radius 3 is 1.55 bits per heavy atom. The molecule has 1 nitrogen and oxygen atoms in total. The summed E-state index contributed by atoms with van der Waals surface area (Å²) in [6.45, 7) is 4.60. The standard InChI is InChI=1S/C15H24Br2F2.C7H14O.2CH4/c1-11-2-4-12(5-3-11)10-13-6-8-14(16,9-7-13)15(17,18)19;1-6-2-4-7(8)5-3-6;;/h11-13H,2-10H2,1H3;6-8H,2-5H2,1H3;2*1H4. The van der Waals surface area contributed by atoms with Crippen LogP contribution in [0.3, 0.4) is 0 Å². The minimum absolute atomic E-state index is 0. The molecule has 3 fully saturated rings. The van der Waals surface area contributed by atoms with Crippen LogP contribution in [0, 0.1) is 23.7 Å². The van der Waals surface area contributed by atoms with Crippen LogP contribution in [0.5, 0.6) is 0 Å². The molecular weight excluding hydrogens is 502 g/mol. The number of aliphatic hydroxyl groups is 1. The van der Waals surface area contributed by atoms with Gasteiger partial charge in [0, 0.05) is 0 Å². The predicted molar refractivity (Wildman–Crippen MR) is 130 cm³/mol. The van der Waals surface area contributed by atoms with Crippen LogP contribution in [0.25, 0.3) is 0 Å². The Kier molecular flexibility index (Phi) is 13.7. The molecule has 3 saturated carbocycles. The van der Waals surface area contributed by atoms with Crippen molar-refractivity contribution in [2.24, 2.45) is 23.7 Å². The summed E-state index contributed by atoms with van der Waals surface area (Å²) in [5.74, 6) is 3.27. The zero-order valence-electron chi connectivity index (χ0n) is 17.0. The number of halogens is 4. The number of rotatable bonds is 3. The van der Waals surface area contributed by atoms with Crippen molar-refractivity contribution in [1.82, 2.24) is 0 Å². The third-order valence-electron chi connectivity index (χ3n) is 7.19. The van der Waals surface area contributed by atoms with Crippen LogP contribution in [-0.4, -0.2) is 20.4 Å². The van der Waals surface area contributed by atoms with Gasteiger partial charge in [0.05, 0.1) is 10.4 Å². The van der Waals surface area contributed by atoms with E-state index in [1.165, 1.54) is 44.9 Å². The summed E-state index contributed by atoms with van der Waals surface area (Å²) in [6, 6.07) is 0. The van der Waals surface area contributed by atoms with Gasteiger partial charge in [-0.3, -0.25) is 0 Å². The molecule has 0 radical (unpaired) electrons. The Labute approximate surface area is 196 Å². The summed E-state index contributed by atoms with van der Waals surface area (Å²) in [7, 11) is 0. The summed E-state index contributed by atoms with van der Waals surface area (Å²) in [6.07, 6.45) is 14.3. The molecule has 0 aliphatic heterocycles. The maximum atomic E-state index is 13.5. The average Bonchev–Trinajstić information content (AvgIpc) is 2.61. The lowest BCUT2D eigenvalue weighted by Gasteiger charge is -2.39. The van der Waals surface area contributed by atoms with Gasteiger partial charge in [0.2, 0.25) is 0 Å². The topological polar surface area (TPSA) is 20.2 Å². The summed E-state index contributed by atoms with van der Waals surface area (Å²) in [5, 5.41) is 9.03. The van der Waals surface area contributed by atoms with Crippen LogP contribution in [0.1, 0.15) is 112 Å². The highest BCUT2D eigenvalue weighted by Gasteiger charge is 2.51. The predicted octanol–water partition coefficient (Wildman–Crippen LogP) is 9.34. The Bertz CT molecular complexity index is 407. The highest BCUT2D eigenvalue weighted by atomic mass is 79.9. The van der Waals surface area contributed by atoms with Gasteiger partial charge in [-0.2, -0.15) is 8.78 Å². The van der Waals surface area contributed by atoms with E-state index in [0.29, 0.717) is 18.8 Å². The van der Waals surface area contributed by atoms with E-state index in [-0.39, 0.29) is 21.0 Å². The van der Waals surface area contributed by atoms with Crippen molar-refractivity contribution in [1.29, 1.82) is 0 Å². The number of hydrogen-bond donors (Lipinski definition) is 1. The molecule has 0 saturated heterocycles. The van der Waals surface area contributed by atoms with Crippen LogP contribution in [-0.2, 0) is 0 Å². The Hall–Kier alpha value is 0.780. The SMILES string of the molecule is C.C.CC1CCC(CC2CCC(Br)(C(F)(F)Br)CC2)CC1.CC1CCC(O)CC1. The van der Waals surface area contributed by atoms with Gasteiger partial charge < -0.3 is 5.11 Å². The number of hydrogen-bond acceptors (Lipinski definition) is 1. The normalized spacial score (nSPS) is 38.0. The first-order valence-corrected chi connectivity index (χ1v) is 12.6. The van der Waals surface area contributed by atoms with Gasteiger partial charge in [-0.25, -0.2) is 0 Å². The molecule has 0 atom stereocenters. The zero-order valence-corrected chi connectivity index (χ0v) is 20.2. The van der Waals surface area contributed by atoms with E-state index in [4.69, 9.17) is 5.11 Å². The molecule has 29 heavy (non-hydrogen) atoms. The van der Waals surface area contributed by atoms with Gasteiger partial charge in [-0.15, -0.1) is 0 Å². The second-order valence-corrected chi connectivity index (χ2v) is 12.2. The Morgan fingerprint density at radius 2 is 1.17 bits per heavy atom. The fraction of sp³-hybridized carbons (Fsp3) is 1.00. The van der Waals surface area contributed by atoms with Crippen molar-refractivity contribution in [2.75, 3.05) is 0 Å². The third-order valence-corrected chi connectivity index (χ3v) is 9.78. The molecule has 5 heteroatoms. The summed E-state index contributed by atoms with van der Waals surface area (Å²) in [5.41, 5.74) is 0. The van der Waals surface area contributed by atoms with Crippen molar-refractivity contribution in [3.8, 4) is 0 Å². The summed E-state index contributed by atoms with van der Waals surface area (Å²) >= 11 is 5.82. The highest BCUT2D eigenvalue weighted by molar-refractivity contribution is 9.12. The average molecular weight is 548 g/mol. The largest absolute Gasteiger partial charge is 0.393 e. The van der Waals surface area contributed by atoms with Gasteiger partial charge in [0.15, 0.2) is 0 Å². The minimum Gasteiger partial charge on any atom is -0.393 e.